The van der Waals surface area contributed by atoms with Crippen molar-refractivity contribution < 1.29 is 9.90 Å². The van der Waals surface area contributed by atoms with Crippen molar-refractivity contribution in [1.29, 1.82) is 0 Å². The molecule has 0 spiro atoms. The molecule has 1 fully saturated rings. The highest BCUT2D eigenvalue weighted by atomic mass is 35.5. The molecule has 1 N–H and O–H groups in total. The van der Waals surface area contributed by atoms with Crippen LogP contribution in [0, 0.1) is 0 Å². The van der Waals surface area contributed by atoms with E-state index in [0.29, 0.717) is 12.6 Å². The third-order valence-corrected chi connectivity index (χ3v) is 4.71. The average molecular weight is 334 g/mol. The third kappa shape index (κ3) is 4.46. The van der Waals surface area contributed by atoms with Crippen LogP contribution in [-0.2, 0) is 11.3 Å². The lowest BCUT2D eigenvalue weighted by Crippen LogP contribution is -2.34. The molecule has 0 heterocycles. The zero-order valence-electron chi connectivity index (χ0n) is 13.3. The van der Waals surface area contributed by atoms with Crippen LogP contribution in [0.15, 0.2) is 42.5 Å². The summed E-state index contributed by atoms with van der Waals surface area (Å²) in [6, 6.07) is 15.4. The molecule has 124 valence electrons. The first kappa shape index (κ1) is 17.8. The first-order valence-electron chi connectivity index (χ1n) is 8.16. The Bertz CT molecular complexity index is 647. The maximum absolute atomic E-state index is 11.0. The van der Waals surface area contributed by atoms with Crippen molar-refractivity contribution >= 4 is 29.1 Å². The Kier molecular flexibility index (Phi) is 6.43. The summed E-state index contributed by atoms with van der Waals surface area (Å²) in [4.78, 5) is 13.3. The number of halogens is 1. The average Bonchev–Trinajstić information content (AvgIpc) is 3.05. The Morgan fingerprint density at radius 3 is 2.52 bits per heavy atom. The summed E-state index contributed by atoms with van der Waals surface area (Å²) in [6.45, 7) is 1.49. The number of aliphatic carboxylic acids is 1. The van der Waals surface area contributed by atoms with Crippen LogP contribution in [0.3, 0.4) is 0 Å². The van der Waals surface area contributed by atoms with Crippen molar-refractivity contribution in [2.45, 2.75) is 44.7 Å². The summed E-state index contributed by atoms with van der Waals surface area (Å²) in [5.41, 5.74) is 1.30. The van der Waals surface area contributed by atoms with Crippen LogP contribution in [-0.4, -0.2) is 28.6 Å². The Hall–Kier alpha value is -1.58. The molecule has 2 aromatic carbocycles. The number of carboxylic acid groups (broad SMARTS) is 1. The van der Waals surface area contributed by atoms with E-state index in [1.54, 1.807) is 0 Å². The van der Waals surface area contributed by atoms with Gasteiger partial charge in [-0.15, -0.1) is 12.4 Å². The number of nitrogens with zero attached hydrogens (tertiary/aromatic N) is 1. The summed E-state index contributed by atoms with van der Waals surface area (Å²) >= 11 is 0. The summed E-state index contributed by atoms with van der Waals surface area (Å²) < 4.78 is 0. The monoisotopic (exact) mass is 333 g/mol. The van der Waals surface area contributed by atoms with Crippen molar-refractivity contribution in [2.75, 3.05) is 6.54 Å². The second-order valence-corrected chi connectivity index (χ2v) is 6.19. The Morgan fingerprint density at radius 2 is 1.78 bits per heavy atom. The molecule has 0 aromatic heterocycles. The quantitative estimate of drug-likeness (QED) is 0.847. The van der Waals surface area contributed by atoms with Crippen LogP contribution in [0.2, 0.25) is 0 Å². The number of carboxylic acids is 1. The van der Waals surface area contributed by atoms with E-state index in [1.165, 1.54) is 42.0 Å². The fourth-order valence-corrected chi connectivity index (χ4v) is 3.55. The standard InChI is InChI=1S/C19H23NO2.ClH/c21-19(22)12-13-20(17-9-2-3-10-17)14-16-8-5-7-15-6-1-4-11-18(15)16;/h1,4-8,11,17H,2-3,9-10,12-14H2,(H,21,22);1H. The van der Waals surface area contributed by atoms with Gasteiger partial charge >= 0.3 is 5.97 Å². The smallest absolute Gasteiger partial charge is 0.304 e. The number of hydrogen-bond acceptors (Lipinski definition) is 2. The number of benzene rings is 2. The molecule has 4 heteroatoms. The predicted octanol–water partition coefficient (Wildman–Crippen LogP) is 4.48. The molecular weight excluding hydrogens is 310 g/mol. The largest absolute Gasteiger partial charge is 0.481 e. The molecule has 0 unspecified atom stereocenters. The first-order valence-corrected chi connectivity index (χ1v) is 8.16. The topological polar surface area (TPSA) is 40.5 Å². The summed E-state index contributed by atoms with van der Waals surface area (Å²) in [6.07, 6.45) is 5.16. The summed E-state index contributed by atoms with van der Waals surface area (Å²) in [7, 11) is 0. The van der Waals surface area contributed by atoms with Gasteiger partial charge in [-0.1, -0.05) is 55.3 Å². The molecule has 0 radical (unpaired) electrons. The lowest BCUT2D eigenvalue weighted by molar-refractivity contribution is -0.137. The van der Waals surface area contributed by atoms with Gasteiger partial charge < -0.3 is 5.11 Å². The van der Waals surface area contributed by atoms with Crippen LogP contribution in [0.5, 0.6) is 0 Å². The van der Waals surface area contributed by atoms with E-state index in [1.807, 2.05) is 0 Å². The number of fused-ring (bicyclic) bond motifs is 1. The van der Waals surface area contributed by atoms with Gasteiger partial charge in [0.05, 0.1) is 6.42 Å². The second kappa shape index (κ2) is 8.32. The fourth-order valence-electron chi connectivity index (χ4n) is 3.55. The van der Waals surface area contributed by atoms with E-state index < -0.39 is 5.97 Å². The molecule has 1 saturated carbocycles. The van der Waals surface area contributed by atoms with E-state index >= 15 is 0 Å². The number of hydrogen-bond donors (Lipinski definition) is 1. The molecule has 0 saturated heterocycles. The Morgan fingerprint density at radius 1 is 1.09 bits per heavy atom. The highest BCUT2D eigenvalue weighted by Crippen LogP contribution is 2.27. The number of carbonyl (C=O) groups is 1. The lowest BCUT2D eigenvalue weighted by atomic mass is 10.0. The summed E-state index contributed by atoms with van der Waals surface area (Å²) in [5, 5.41) is 11.6. The molecular formula is C19H24ClNO2. The van der Waals surface area contributed by atoms with Crippen molar-refractivity contribution in [3.8, 4) is 0 Å². The minimum atomic E-state index is -0.707. The van der Waals surface area contributed by atoms with E-state index in [4.69, 9.17) is 5.11 Å². The maximum atomic E-state index is 11.0. The Labute approximate surface area is 143 Å². The normalized spacial score (nSPS) is 15.0. The predicted molar refractivity (Wildman–Crippen MR) is 96.1 cm³/mol. The van der Waals surface area contributed by atoms with Gasteiger partial charge in [0.15, 0.2) is 0 Å². The fraction of sp³-hybridized carbons (Fsp3) is 0.421. The van der Waals surface area contributed by atoms with Crippen molar-refractivity contribution in [1.82, 2.24) is 4.90 Å². The molecule has 0 bridgehead atoms. The molecule has 2 aromatic rings. The molecule has 23 heavy (non-hydrogen) atoms. The van der Waals surface area contributed by atoms with E-state index in [2.05, 4.69) is 47.4 Å². The Balaban J connectivity index is 0.00000192. The van der Waals surface area contributed by atoms with Gasteiger partial charge in [-0.2, -0.15) is 0 Å². The van der Waals surface area contributed by atoms with Gasteiger partial charge in [0.25, 0.3) is 0 Å². The van der Waals surface area contributed by atoms with Gasteiger partial charge in [0.2, 0.25) is 0 Å². The van der Waals surface area contributed by atoms with Crippen LogP contribution >= 0.6 is 12.4 Å². The van der Waals surface area contributed by atoms with Crippen molar-refractivity contribution in [2.24, 2.45) is 0 Å². The molecule has 3 rings (SSSR count). The second-order valence-electron chi connectivity index (χ2n) is 6.19. The zero-order valence-corrected chi connectivity index (χ0v) is 14.1. The van der Waals surface area contributed by atoms with Gasteiger partial charge in [-0.05, 0) is 29.2 Å². The molecule has 0 atom stereocenters. The SMILES string of the molecule is Cl.O=C(O)CCN(Cc1cccc2ccccc12)C1CCCC1. The lowest BCUT2D eigenvalue weighted by Gasteiger charge is -2.28. The minimum absolute atomic E-state index is 0. The van der Waals surface area contributed by atoms with Gasteiger partial charge in [-0.3, -0.25) is 9.69 Å². The molecule has 1 aliphatic carbocycles. The van der Waals surface area contributed by atoms with Crippen molar-refractivity contribution in [3.05, 3.63) is 48.0 Å². The molecule has 3 nitrogen and oxygen atoms in total. The zero-order chi connectivity index (χ0) is 15.4. The maximum Gasteiger partial charge on any atom is 0.304 e. The van der Waals surface area contributed by atoms with Gasteiger partial charge in [-0.25, -0.2) is 0 Å². The number of rotatable bonds is 6. The van der Waals surface area contributed by atoms with Crippen LogP contribution in [0.25, 0.3) is 10.8 Å². The van der Waals surface area contributed by atoms with Gasteiger partial charge in [0.1, 0.15) is 0 Å². The van der Waals surface area contributed by atoms with Crippen LogP contribution in [0.4, 0.5) is 0 Å². The molecule has 0 aliphatic heterocycles. The van der Waals surface area contributed by atoms with Gasteiger partial charge in [0, 0.05) is 19.1 Å². The summed E-state index contributed by atoms with van der Waals surface area (Å²) in [5.74, 6) is -0.707. The van der Waals surface area contributed by atoms with E-state index in [0.717, 1.165) is 6.54 Å². The first-order chi connectivity index (χ1) is 10.7. The van der Waals surface area contributed by atoms with E-state index in [9.17, 15) is 4.79 Å². The molecule has 1 aliphatic rings. The van der Waals surface area contributed by atoms with Crippen LogP contribution < -0.4 is 0 Å². The third-order valence-electron chi connectivity index (χ3n) is 4.71. The van der Waals surface area contributed by atoms with Crippen LogP contribution in [0.1, 0.15) is 37.7 Å². The van der Waals surface area contributed by atoms with Crippen molar-refractivity contribution in [3.63, 3.8) is 0 Å². The minimum Gasteiger partial charge on any atom is -0.481 e. The highest BCUT2D eigenvalue weighted by Gasteiger charge is 2.23. The highest BCUT2D eigenvalue weighted by molar-refractivity contribution is 5.86. The molecule has 0 amide bonds. The van der Waals surface area contributed by atoms with E-state index in [-0.39, 0.29) is 18.8 Å².